The summed E-state index contributed by atoms with van der Waals surface area (Å²) in [7, 11) is 0. The van der Waals surface area contributed by atoms with Gasteiger partial charge in [0.15, 0.2) is 4.34 Å². The second-order valence-electron chi connectivity index (χ2n) is 6.81. The number of hydrogen-bond donors (Lipinski definition) is 2. The molecule has 32 heavy (non-hydrogen) atoms. The van der Waals surface area contributed by atoms with Gasteiger partial charge in [-0.3, -0.25) is 9.59 Å². The molecule has 0 radical (unpaired) electrons. The van der Waals surface area contributed by atoms with Crippen molar-refractivity contribution in [3.63, 3.8) is 0 Å². The highest BCUT2D eigenvalue weighted by atomic mass is 35.5. The van der Waals surface area contributed by atoms with Gasteiger partial charge >= 0.3 is 0 Å². The van der Waals surface area contributed by atoms with Gasteiger partial charge in [-0.05, 0) is 56.7 Å². The van der Waals surface area contributed by atoms with E-state index in [9.17, 15) is 9.59 Å². The Bertz CT molecular complexity index is 1100. The van der Waals surface area contributed by atoms with Crippen LogP contribution in [0.15, 0.2) is 46.8 Å². The van der Waals surface area contributed by atoms with Gasteiger partial charge in [-0.1, -0.05) is 46.8 Å². The molecule has 168 valence electrons. The zero-order chi connectivity index (χ0) is 23.1. The lowest BCUT2D eigenvalue weighted by molar-refractivity contribution is -0.113. The molecule has 0 saturated heterocycles. The SMILES string of the molecule is CCN(CC)C(=O)c1cccc(NC(=O)CSc2nnc(Nc3cccc(Cl)c3C)s2)c1. The fourth-order valence-corrected chi connectivity index (χ4v) is 4.66. The van der Waals surface area contributed by atoms with E-state index in [4.69, 9.17) is 11.6 Å². The summed E-state index contributed by atoms with van der Waals surface area (Å²) < 4.78 is 0.674. The third-order valence-electron chi connectivity index (χ3n) is 4.69. The number of hydrogen-bond acceptors (Lipinski definition) is 7. The Hall–Kier alpha value is -2.62. The van der Waals surface area contributed by atoms with Crippen molar-refractivity contribution < 1.29 is 9.59 Å². The number of thioether (sulfide) groups is 1. The third kappa shape index (κ3) is 6.21. The minimum absolute atomic E-state index is 0.0516. The molecule has 0 spiro atoms. The van der Waals surface area contributed by atoms with E-state index in [1.807, 2.05) is 39.0 Å². The molecule has 0 aliphatic heterocycles. The van der Waals surface area contributed by atoms with E-state index in [0.29, 0.717) is 38.8 Å². The maximum atomic E-state index is 12.5. The van der Waals surface area contributed by atoms with Crippen LogP contribution in [0.25, 0.3) is 0 Å². The predicted octanol–water partition coefficient (Wildman–Crippen LogP) is 5.46. The van der Waals surface area contributed by atoms with Crippen LogP contribution in [0.1, 0.15) is 29.8 Å². The number of nitrogens with zero attached hydrogens (tertiary/aromatic N) is 3. The summed E-state index contributed by atoms with van der Waals surface area (Å²) in [4.78, 5) is 26.6. The molecular formula is C22H24ClN5O2S2. The molecule has 0 aliphatic carbocycles. The van der Waals surface area contributed by atoms with Crippen LogP contribution in [-0.4, -0.2) is 45.8 Å². The molecule has 0 bridgehead atoms. The molecular weight excluding hydrogens is 466 g/mol. The van der Waals surface area contributed by atoms with Crippen molar-refractivity contribution in [1.82, 2.24) is 15.1 Å². The van der Waals surface area contributed by atoms with E-state index in [1.165, 1.54) is 23.1 Å². The van der Waals surface area contributed by atoms with E-state index >= 15 is 0 Å². The Morgan fingerprint density at radius 3 is 2.62 bits per heavy atom. The highest BCUT2D eigenvalue weighted by Crippen LogP contribution is 2.30. The van der Waals surface area contributed by atoms with E-state index in [2.05, 4.69) is 20.8 Å². The van der Waals surface area contributed by atoms with Crippen molar-refractivity contribution in [3.05, 3.63) is 58.6 Å². The number of rotatable bonds is 9. The first-order valence-corrected chi connectivity index (χ1v) is 12.3. The normalized spacial score (nSPS) is 10.6. The molecule has 0 aliphatic rings. The van der Waals surface area contributed by atoms with Crippen LogP contribution in [0.4, 0.5) is 16.5 Å². The topological polar surface area (TPSA) is 87.2 Å². The van der Waals surface area contributed by atoms with E-state index in [1.54, 1.807) is 29.2 Å². The highest BCUT2D eigenvalue weighted by Gasteiger charge is 2.14. The van der Waals surface area contributed by atoms with Gasteiger partial charge in [0, 0.05) is 35.1 Å². The zero-order valence-corrected chi connectivity index (χ0v) is 20.4. The fourth-order valence-electron chi connectivity index (χ4n) is 2.92. The molecule has 3 rings (SSSR count). The number of benzene rings is 2. The van der Waals surface area contributed by atoms with Crippen molar-refractivity contribution in [3.8, 4) is 0 Å². The maximum absolute atomic E-state index is 12.5. The molecule has 10 heteroatoms. The van der Waals surface area contributed by atoms with Crippen LogP contribution in [0.3, 0.4) is 0 Å². The van der Waals surface area contributed by atoms with Gasteiger partial charge in [0.05, 0.1) is 5.75 Å². The van der Waals surface area contributed by atoms with Crippen molar-refractivity contribution in [2.24, 2.45) is 0 Å². The summed E-state index contributed by atoms with van der Waals surface area (Å²) >= 11 is 8.81. The molecule has 0 unspecified atom stereocenters. The molecule has 7 nitrogen and oxygen atoms in total. The lowest BCUT2D eigenvalue weighted by atomic mass is 10.1. The average Bonchev–Trinajstić information content (AvgIpc) is 3.24. The summed E-state index contributed by atoms with van der Waals surface area (Å²) in [6, 6.07) is 12.6. The highest BCUT2D eigenvalue weighted by molar-refractivity contribution is 8.01. The smallest absolute Gasteiger partial charge is 0.253 e. The van der Waals surface area contributed by atoms with Gasteiger partial charge in [0.2, 0.25) is 11.0 Å². The summed E-state index contributed by atoms with van der Waals surface area (Å²) in [6.45, 7) is 7.08. The van der Waals surface area contributed by atoms with Gasteiger partial charge in [0.25, 0.3) is 5.91 Å². The first-order valence-electron chi connectivity index (χ1n) is 10.1. The summed E-state index contributed by atoms with van der Waals surface area (Å²) in [6.07, 6.45) is 0. The van der Waals surface area contributed by atoms with Crippen LogP contribution in [0.5, 0.6) is 0 Å². The fraction of sp³-hybridized carbons (Fsp3) is 0.273. The van der Waals surface area contributed by atoms with E-state index in [-0.39, 0.29) is 17.6 Å². The van der Waals surface area contributed by atoms with Crippen molar-refractivity contribution in [2.75, 3.05) is 29.5 Å². The van der Waals surface area contributed by atoms with E-state index < -0.39 is 0 Å². The summed E-state index contributed by atoms with van der Waals surface area (Å²) in [5.41, 5.74) is 2.93. The second kappa shape index (κ2) is 11.3. The average molecular weight is 490 g/mol. The number of carbonyl (C=O) groups excluding carboxylic acids is 2. The number of aromatic nitrogens is 2. The van der Waals surface area contributed by atoms with Gasteiger partial charge in [-0.25, -0.2) is 0 Å². The summed E-state index contributed by atoms with van der Waals surface area (Å²) in [5.74, 6) is -0.0545. The number of halogens is 1. The quantitative estimate of drug-likeness (QED) is 0.388. The van der Waals surface area contributed by atoms with Gasteiger partial charge in [-0.2, -0.15) is 0 Å². The largest absolute Gasteiger partial charge is 0.339 e. The molecule has 2 N–H and O–H groups in total. The Balaban J connectivity index is 1.55. The zero-order valence-electron chi connectivity index (χ0n) is 18.0. The number of carbonyl (C=O) groups is 2. The number of amides is 2. The lowest BCUT2D eigenvalue weighted by Crippen LogP contribution is -2.30. The van der Waals surface area contributed by atoms with Crippen LogP contribution in [0, 0.1) is 6.92 Å². The third-order valence-corrected chi connectivity index (χ3v) is 7.07. The first kappa shape index (κ1) is 24.0. The summed E-state index contributed by atoms with van der Waals surface area (Å²) in [5, 5.41) is 15.6. The minimum atomic E-state index is -0.183. The standard InChI is InChI=1S/C22H24ClN5O2S2/c1-4-28(5-2)20(30)15-8-6-9-16(12-15)24-19(29)13-31-22-27-26-21(32-22)25-18-11-7-10-17(23)14(18)3/h6-12H,4-5,13H2,1-3H3,(H,24,29)(H,25,26). The van der Waals surface area contributed by atoms with Crippen LogP contribution >= 0.6 is 34.7 Å². The van der Waals surface area contributed by atoms with Gasteiger partial charge < -0.3 is 15.5 Å². The van der Waals surface area contributed by atoms with Crippen molar-refractivity contribution in [2.45, 2.75) is 25.1 Å². The van der Waals surface area contributed by atoms with Crippen molar-refractivity contribution >= 4 is 63.0 Å². The molecule has 1 aromatic heterocycles. The molecule has 2 amide bonds. The predicted molar refractivity (Wildman–Crippen MR) is 132 cm³/mol. The Kier molecular flexibility index (Phi) is 8.49. The first-order chi connectivity index (χ1) is 15.4. The molecule has 1 heterocycles. The Morgan fingerprint density at radius 2 is 1.88 bits per heavy atom. The molecule has 2 aromatic carbocycles. The van der Waals surface area contributed by atoms with Gasteiger partial charge in [0.1, 0.15) is 0 Å². The Labute approximate surface area is 200 Å². The molecule has 0 fully saturated rings. The molecule has 3 aromatic rings. The van der Waals surface area contributed by atoms with Crippen LogP contribution < -0.4 is 10.6 Å². The second-order valence-corrected chi connectivity index (χ2v) is 9.41. The maximum Gasteiger partial charge on any atom is 0.253 e. The molecule has 0 atom stereocenters. The molecule has 0 saturated carbocycles. The van der Waals surface area contributed by atoms with Crippen LogP contribution in [0.2, 0.25) is 5.02 Å². The lowest BCUT2D eigenvalue weighted by Gasteiger charge is -2.19. The number of anilines is 3. The van der Waals surface area contributed by atoms with E-state index in [0.717, 1.165) is 11.3 Å². The minimum Gasteiger partial charge on any atom is -0.339 e. The van der Waals surface area contributed by atoms with Crippen LogP contribution in [-0.2, 0) is 4.79 Å². The number of nitrogens with one attached hydrogen (secondary N) is 2. The Morgan fingerprint density at radius 1 is 1.12 bits per heavy atom. The monoisotopic (exact) mass is 489 g/mol. The van der Waals surface area contributed by atoms with Gasteiger partial charge in [-0.15, -0.1) is 10.2 Å². The van der Waals surface area contributed by atoms with Crippen molar-refractivity contribution in [1.29, 1.82) is 0 Å².